The van der Waals surface area contributed by atoms with Crippen LogP contribution in [0.3, 0.4) is 0 Å². The Bertz CT molecular complexity index is 1490. The summed E-state index contributed by atoms with van der Waals surface area (Å²) in [7, 11) is -4.23. The lowest BCUT2D eigenvalue weighted by Crippen LogP contribution is -2.16. The summed E-state index contributed by atoms with van der Waals surface area (Å²) in [5.74, 6) is -0.974. The van der Waals surface area contributed by atoms with Crippen molar-refractivity contribution < 1.29 is 18.0 Å². The van der Waals surface area contributed by atoms with Gasteiger partial charge in [-0.05, 0) is 30.3 Å². The van der Waals surface area contributed by atoms with E-state index in [1.165, 1.54) is 24.3 Å². The third-order valence-corrected chi connectivity index (χ3v) is 7.62. The van der Waals surface area contributed by atoms with Gasteiger partial charge in [-0.1, -0.05) is 77.0 Å². The van der Waals surface area contributed by atoms with E-state index in [0.717, 1.165) is 0 Å². The lowest BCUT2D eigenvalue weighted by molar-refractivity contribution is 0.102. The highest BCUT2D eigenvalue weighted by molar-refractivity contribution is 7.94. The monoisotopic (exact) mass is 532 g/mol. The summed E-state index contributed by atoms with van der Waals surface area (Å²) in [4.78, 5) is 25.4. The Balaban J connectivity index is 1.58. The molecule has 0 aliphatic heterocycles. The van der Waals surface area contributed by atoms with Crippen molar-refractivity contribution in [3.8, 4) is 0 Å². The van der Waals surface area contributed by atoms with Crippen LogP contribution in [-0.4, -0.2) is 30.3 Å². The number of sulfonamides is 1. The number of aromatic nitrogens is 2. The van der Waals surface area contributed by atoms with Crippen molar-refractivity contribution in [1.82, 2.24) is 10.2 Å². The highest BCUT2D eigenvalue weighted by atomic mass is 35.5. The van der Waals surface area contributed by atoms with Crippen LogP contribution < -0.4 is 10.0 Å². The molecule has 0 atom stereocenters. The SMILES string of the molecule is O=C(Nc1nnc(S(=O)(=O)Nc2ccc(Cl)cc2C(=O)c2ccccc2)s1)c1ccccc1Cl. The summed E-state index contributed by atoms with van der Waals surface area (Å²) in [5, 5.41) is 10.3. The van der Waals surface area contributed by atoms with Gasteiger partial charge < -0.3 is 0 Å². The molecule has 0 aliphatic rings. The number of amides is 1. The van der Waals surface area contributed by atoms with Crippen LogP contribution in [0.4, 0.5) is 10.8 Å². The van der Waals surface area contributed by atoms with Gasteiger partial charge in [0.2, 0.25) is 5.13 Å². The number of benzene rings is 3. The summed E-state index contributed by atoms with van der Waals surface area (Å²) in [6, 6.07) is 19.0. The molecule has 1 heterocycles. The van der Waals surface area contributed by atoms with Crippen molar-refractivity contribution in [2.45, 2.75) is 4.34 Å². The lowest BCUT2D eigenvalue weighted by atomic mass is 10.0. The average Bonchev–Trinajstić information content (AvgIpc) is 3.30. The van der Waals surface area contributed by atoms with E-state index in [2.05, 4.69) is 20.2 Å². The van der Waals surface area contributed by atoms with Gasteiger partial charge in [-0.25, -0.2) is 0 Å². The molecule has 0 radical (unpaired) electrons. The van der Waals surface area contributed by atoms with Gasteiger partial charge in [0.25, 0.3) is 20.3 Å². The van der Waals surface area contributed by atoms with Crippen LogP contribution in [0.2, 0.25) is 10.0 Å². The van der Waals surface area contributed by atoms with Crippen LogP contribution in [-0.2, 0) is 10.0 Å². The van der Waals surface area contributed by atoms with Crippen LogP contribution in [0.25, 0.3) is 0 Å². The van der Waals surface area contributed by atoms with Crippen molar-refractivity contribution >= 4 is 67.1 Å². The second kappa shape index (κ2) is 9.90. The fourth-order valence-corrected chi connectivity index (χ4v) is 5.28. The maximum absolute atomic E-state index is 13.0. The second-order valence-corrected chi connectivity index (χ2v) is 10.5. The topological polar surface area (TPSA) is 118 Å². The van der Waals surface area contributed by atoms with E-state index < -0.39 is 26.1 Å². The van der Waals surface area contributed by atoms with E-state index in [4.69, 9.17) is 23.2 Å². The number of nitrogens with zero attached hydrogens (tertiary/aromatic N) is 2. The lowest BCUT2D eigenvalue weighted by Gasteiger charge is -2.11. The Kier molecular flexibility index (Phi) is 6.94. The van der Waals surface area contributed by atoms with Gasteiger partial charge in [0, 0.05) is 16.1 Å². The molecule has 34 heavy (non-hydrogen) atoms. The average molecular weight is 533 g/mol. The van der Waals surface area contributed by atoms with Crippen molar-refractivity contribution in [3.63, 3.8) is 0 Å². The number of carbonyl (C=O) groups excluding carboxylic acids is 2. The molecule has 0 aliphatic carbocycles. The molecule has 0 saturated heterocycles. The minimum atomic E-state index is -4.23. The molecule has 1 amide bonds. The standard InChI is InChI=1S/C22H14Cl2N4O4S2/c23-14-10-11-18(16(12-14)19(29)13-6-2-1-3-7-13)28-34(31,32)22-27-26-21(33-22)25-20(30)15-8-4-5-9-17(15)24/h1-12,28H,(H,25,26,30). The third-order valence-electron chi connectivity index (χ3n) is 4.48. The summed E-state index contributed by atoms with van der Waals surface area (Å²) in [6.45, 7) is 0. The normalized spacial score (nSPS) is 11.1. The third kappa shape index (κ3) is 5.26. The largest absolute Gasteiger partial charge is 0.296 e. The minimum Gasteiger partial charge on any atom is -0.296 e. The summed E-state index contributed by atoms with van der Waals surface area (Å²) in [6.07, 6.45) is 0. The molecule has 0 spiro atoms. The zero-order chi connectivity index (χ0) is 24.3. The fourth-order valence-electron chi connectivity index (χ4n) is 2.91. The van der Waals surface area contributed by atoms with Gasteiger partial charge in [0.05, 0.1) is 16.3 Å². The van der Waals surface area contributed by atoms with E-state index in [1.807, 2.05) is 0 Å². The van der Waals surface area contributed by atoms with E-state index in [0.29, 0.717) is 16.9 Å². The van der Waals surface area contributed by atoms with Gasteiger partial charge in [0.1, 0.15) is 0 Å². The van der Waals surface area contributed by atoms with Gasteiger partial charge in [-0.15, -0.1) is 10.2 Å². The Morgan fingerprint density at radius 1 is 0.853 bits per heavy atom. The Morgan fingerprint density at radius 2 is 1.56 bits per heavy atom. The molecule has 8 nitrogen and oxygen atoms in total. The summed E-state index contributed by atoms with van der Waals surface area (Å²) >= 11 is 12.7. The molecule has 4 aromatic rings. The molecule has 0 bridgehead atoms. The first-order valence-corrected chi connectivity index (χ1v) is 12.6. The minimum absolute atomic E-state index is 0.0232. The summed E-state index contributed by atoms with van der Waals surface area (Å²) < 4.78 is 27.8. The summed E-state index contributed by atoms with van der Waals surface area (Å²) in [5.41, 5.74) is 0.659. The predicted molar refractivity (Wildman–Crippen MR) is 131 cm³/mol. The number of carbonyl (C=O) groups is 2. The van der Waals surface area contributed by atoms with E-state index in [9.17, 15) is 18.0 Å². The van der Waals surface area contributed by atoms with Crippen LogP contribution >= 0.6 is 34.5 Å². The van der Waals surface area contributed by atoms with Gasteiger partial charge >= 0.3 is 0 Å². The molecule has 0 fully saturated rings. The first-order valence-electron chi connectivity index (χ1n) is 9.56. The smallest absolute Gasteiger partial charge is 0.291 e. The number of hydrogen-bond donors (Lipinski definition) is 2. The van der Waals surface area contributed by atoms with Crippen LogP contribution in [0.5, 0.6) is 0 Å². The maximum atomic E-state index is 13.0. The number of halogens is 2. The van der Waals surface area contributed by atoms with E-state index in [-0.39, 0.29) is 32.0 Å². The van der Waals surface area contributed by atoms with Gasteiger partial charge in [0.15, 0.2) is 5.78 Å². The Morgan fingerprint density at radius 3 is 2.29 bits per heavy atom. The molecule has 4 rings (SSSR count). The number of ketones is 1. The number of hydrogen-bond acceptors (Lipinski definition) is 7. The molecular weight excluding hydrogens is 519 g/mol. The molecular formula is C22H14Cl2N4O4S2. The molecule has 3 aromatic carbocycles. The first kappa shape index (κ1) is 23.8. The van der Waals surface area contributed by atoms with Crippen molar-refractivity contribution in [2.24, 2.45) is 0 Å². The van der Waals surface area contributed by atoms with E-state index in [1.54, 1.807) is 48.5 Å². The first-order chi connectivity index (χ1) is 16.2. The zero-order valence-electron chi connectivity index (χ0n) is 17.0. The van der Waals surface area contributed by atoms with Crippen molar-refractivity contribution in [1.29, 1.82) is 0 Å². The number of nitrogens with one attached hydrogen (secondary N) is 2. The molecule has 1 aromatic heterocycles. The van der Waals surface area contributed by atoms with Gasteiger partial charge in [-0.3, -0.25) is 19.6 Å². The zero-order valence-corrected chi connectivity index (χ0v) is 20.2. The van der Waals surface area contributed by atoms with Crippen molar-refractivity contribution in [3.05, 3.63) is 99.5 Å². The second-order valence-electron chi connectivity index (χ2n) is 6.80. The Hall–Kier alpha value is -3.31. The predicted octanol–water partition coefficient (Wildman–Crippen LogP) is 5.13. The van der Waals surface area contributed by atoms with Gasteiger partial charge in [-0.2, -0.15) is 8.42 Å². The fraction of sp³-hybridized carbons (Fsp3) is 0. The van der Waals surface area contributed by atoms with Crippen molar-refractivity contribution in [2.75, 3.05) is 10.0 Å². The number of rotatable bonds is 7. The van der Waals surface area contributed by atoms with Crippen LogP contribution in [0.1, 0.15) is 26.3 Å². The number of anilines is 2. The van der Waals surface area contributed by atoms with E-state index >= 15 is 0 Å². The molecule has 0 unspecified atom stereocenters. The maximum Gasteiger partial charge on any atom is 0.291 e. The molecule has 0 saturated carbocycles. The Labute approximate surface area is 208 Å². The molecule has 2 N–H and O–H groups in total. The highest BCUT2D eigenvalue weighted by Gasteiger charge is 2.24. The quantitative estimate of drug-likeness (QED) is 0.251. The van der Waals surface area contributed by atoms with Crippen LogP contribution in [0.15, 0.2) is 77.1 Å². The van der Waals surface area contributed by atoms with Crippen LogP contribution in [0, 0.1) is 0 Å². The molecule has 12 heteroatoms. The molecule has 172 valence electrons. The highest BCUT2D eigenvalue weighted by Crippen LogP contribution is 2.28.